The Kier molecular flexibility index (Phi) is 6.74. The Balaban J connectivity index is 1.22. The standard InChI is InChI=1S/C30H22N2O3S/c1-2-23(18-21-12-14-25(15-13-21)35-19-22-8-4-3-5-9-22)28-31-24(20-36-28)16-17-32-29(33)26-10-6-7-11-27(26)30(32)34/h1,3-15,18,20H,16-17,19H2/b23-18-. The van der Waals surface area contributed by atoms with E-state index in [-0.39, 0.29) is 18.4 Å². The smallest absolute Gasteiger partial charge is 0.261 e. The van der Waals surface area contributed by atoms with Gasteiger partial charge in [-0.05, 0) is 41.5 Å². The molecule has 0 radical (unpaired) electrons. The van der Waals surface area contributed by atoms with E-state index >= 15 is 0 Å². The van der Waals surface area contributed by atoms with Gasteiger partial charge in [-0.2, -0.15) is 0 Å². The number of imide groups is 1. The van der Waals surface area contributed by atoms with Crippen molar-refractivity contribution in [2.24, 2.45) is 0 Å². The number of hydrogen-bond acceptors (Lipinski definition) is 5. The highest BCUT2D eigenvalue weighted by Gasteiger charge is 2.34. The molecule has 1 aliphatic heterocycles. The van der Waals surface area contributed by atoms with Crippen molar-refractivity contribution in [3.63, 3.8) is 0 Å². The maximum atomic E-state index is 12.6. The number of fused-ring (bicyclic) bond motifs is 1. The van der Waals surface area contributed by atoms with Gasteiger partial charge in [0.05, 0.1) is 22.4 Å². The maximum absolute atomic E-state index is 12.6. The summed E-state index contributed by atoms with van der Waals surface area (Å²) in [6, 6.07) is 24.6. The molecule has 0 N–H and O–H groups in total. The lowest BCUT2D eigenvalue weighted by atomic mass is 10.1. The van der Waals surface area contributed by atoms with Gasteiger partial charge in [-0.15, -0.1) is 17.8 Å². The van der Waals surface area contributed by atoms with E-state index in [2.05, 4.69) is 10.9 Å². The molecule has 0 aliphatic carbocycles. The van der Waals surface area contributed by atoms with Crippen molar-refractivity contribution in [1.82, 2.24) is 9.88 Å². The third kappa shape index (κ3) is 4.97. The summed E-state index contributed by atoms with van der Waals surface area (Å²) in [5.41, 5.74) is 4.42. The summed E-state index contributed by atoms with van der Waals surface area (Å²) in [5, 5.41) is 2.64. The van der Waals surface area contributed by atoms with Crippen LogP contribution in [-0.4, -0.2) is 28.2 Å². The fourth-order valence-corrected chi connectivity index (χ4v) is 4.78. The van der Waals surface area contributed by atoms with Gasteiger partial charge in [-0.3, -0.25) is 14.5 Å². The van der Waals surface area contributed by atoms with Crippen LogP contribution in [0.2, 0.25) is 0 Å². The van der Waals surface area contributed by atoms with E-state index in [1.165, 1.54) is 16.2 Å². The molecule has 0 saturated carbocycles. The fraction of sp³-hybridized carbons (Fsp3) is 0.100. The number of hydrogen-bond donors (Lipinski definition) is 0. The Morgan fingerprint density at radius 1 is 0.944 bits per heavy atom. The van der Waals surface area contributed by atoms with Crippen LogP contribution in [-0.2, 0) is 13.0 Å². The third-order valence-corrected chi connectivity index (χ3v) is 6.77. The van der Waals surface area contributed by atoms with Crippen LogP contribution in [0.25, 0.3) is 11.6 Å². The van der Waals surface area contributed by atoms with E-state index in [9.17, 15) is 9.59 Å². The topological polar surface area (TPSA) is 59.5 Å². The summed E-state index contributed by atoms with van der Waals surface area (Å²) in [6.45, 7) is 0.781. The van der Waals surface area contributed by atoms with Crippen molar-refractivity contribution in [3.05, 3.63) is 117 Å². The number of carbonyl (C=O) groups excluding carboxylic acids is 2. The highest BCUT2D eigenvalue weighted by molar-refractivity contribution is 7.11. The Morgan fingerprint density at radius 3 is 2.28 bits per heavy atom. The van der Waals surface area contributed by atoms with Gasteiger partial charge in [0.1, 0.15) is 17.4 Å². The summed E-state index contributed by atoms with van der Waals surface area (Å²) in [5.74, 6) is 2.99. The third-order valence-electron chi connectivity index (χ3n) is 5.85. The predicted octanol–water partition coefficient (Wildman–Crippen LogP) is 5.73. The number of ether oxygens (including phenoxy) is 1. The molecule has 0 fully saturated rings. The molecule has 0 unspecified atom stereocenters. The van der Waals surface area contributed by atoms with Gasteiger partial charge in [-0.1, -0.05) is 60.5 Å². The maximum Gasteiger partial charge on any atom is 0.261 e. The van der Waals surface area contributed by atoms with Crippen molar-refractivity contribution >= 4 is 34.8 Å². The first-order chi connectivity index (χ1) is 17.6. The van der Waals surface area contributed by atoms with Crippen LogP contribution in [0.4, 0.5) is 0 Å². The van der Waals surface area contributed by atoms with Gasteiger partial charge >= 0.3 is 0 Å². The molecule has 36 heavy (non-hydrogen) atoms. The second kappa shape index (κ2) is 10.4. The van der Waals surface area contributed by atoms with Crippen molar-refractivity contribution in [1.29, 1.82) is 0 Å². The minimum absolute atomic E-state index is 0.258. The second-order valence-electron chi connectivity index (χ2n) is 8.25. The van der Waals surface area contributed by atoms with Gasteiger partial charge in [0, 0.05) is 18.3 Å². The van der Waals surface area contributed by atoms with E-state index in [1.807, 2.05) is 66.1 Å². The van der Waals surface area contributed by atoms with Gasteiger partial charge < -0.3 is 4.74 Å². The molecule has 2 amide bonds. The summed E-state index contributed by atoms with van der Waals surface area (Å²) in [4.78, 5) is 31.1. The predicted molar refractivity (Wildman–Crippen MR) is 142 cm³/mol. The zero-order valence-corrected chi connectivity index (χ0v) is 20.2. The molecule has 5 rings (SSSR count). The molecule has 1 aliphatic rings. The highest BCUT2D eigenvalue weighted by atomic mass is 32.1. The van der Waals surface area contributed by atoms with Gasteiger partial charge in [0.25, 0.3) is 11.8 Å². The van der Waals surface area contributed by atoms with Crippen molar-refractivity contribution in [2.75, 3.05) is 6.54 Å². The lowest BCUT2D eigenvalue weighted by molar-refractivity contribution is 0.0656. The number of carbonyl (C=O) groups is 2. The van der Waals surface area contributed by atoms with E-state index in [0.717, 1.165) is 27.6 Å². The number of amides is 2. The quantitative estimate of drug-likeness (QED) is 0.234. The largest absolute Gasteiger partial charge is 0.489 e. The van der Waals surface area contributed by atoms with Gasteiger partial charge in [0.2, 0.25) is 0 Å². The first kappa shape index (κ1) is 23.3. The number of terminal acetylenes is 1. The molecule has 0 saturated heterocycles. The minimum Gasteiger partial charge on any atom is -0.489 e. The summed E-state index contributed by atoms with van der Waals surface area (Å²) >= 11 is 1.45. The second-order valence-corrected chi connectivity index (χ2v) is 9.11. The normalized spacial score (nSPS) is 13.0. The lowest BCUT2D eigenvalue weighted by Crippen LogP contribution is -2.31. The SMILES string of the molecule is C#C/C(=C/c1ccc(OCc2ccccc2)cc1)c1nc(CCN2C(=O)c3ccccc3C2=O)cs1. The molecular weight excluding hydrogens is 468 g/mol. The molecule has 176 valence electrons. The fourth-order valence-electron chi connectivity index (χ4n) is 3.95. The minimum atomic E-state index is -0.258. The molecular formula is C30H22N2O3S. The number of benzene rings is 3. The van der Waals surface area contributed by atoms with Crippen LogP contribution in [0.1, 0.15) is 42.5 Å². The Hall–Kier alpha value is -4.47. The average molecular weight is 491 g/mol. The van der Waals surface area contributed by atoms with E-state index < -0.39 is 0 Å². The van der Waals surface area contributed by atoms with Crippen molar-refractivity contribution in [3.8, 4) is 18.1 Å². The Bertz CT molecular complexity index is 1450. The number of allylic oxidation sites excluding steroid dienone is 1. The van der Waals surface area contributed by atoms with Crippen LogP contribution >= 0.6 is 11.3 Å². The number of nitrogens with zero attached hydrogens (tertiary/aromatic N) is 2. The Labute approximate surface area is 213 Å². The van der Waals surface area contributed by atoms with Crippen LogP contribution in [0.3, 0.4) is 0 Å². The van der Waals surface area contributed by atoms with Crippen LogP contribution < -0.4 is 4.74 Å². The summed E-state index contributed by atoms with van der Waals surface area (Å²) in [7, 11) is 0. The summed E-state index contributed by atoms with van der Waals surface area (Å²) < 4.78 is 5.85. The first-order valence-electron chi connectivity index (χ1n) is 11.5. The molecule has 1 aromatic heterocycles. The van der Waals surface area contributed by atoms with Crippen LogP contribution in [0.5, 0.6) is 5.75 Å². The highest BCUT2D eigenvalue weighted by Crippen LogP contribution is 2.25. The zero-order valence-electron chi connectivity index (χ0n) is 19.4. The van der Waals surface area contributed by atoms with Crippen LogP contribution in [0, 0.1) is 12.3 Å². The molecule has 3 aromatic carbocycles. The monoisotopic (exact) mass is 490 g/mol. The zero-order chi connectivity index (χ0) is 24.9. The molecule has 0 spiro atoms. The number of aromatic nitrogens is 1. The van der Waals surface area contributed by atoms with Crippen molar-refractivity contribution < 1.29 is 14.3 Å². The Morgan fingerprint density at radius 2 is 1.61 bits per heavy atom. The average Bonchev–Trinajstić information content (AvgIpc) is 3.49. The molecule has 0 atom stereocenters. The van der Waals surface area contributed by atoms with Crippen LogP contribution in [0.15, 0.2) is 84.2 Å². The molecule has 0 bridgehead atoms. The van der Waals surface area contributed by atoms with E-state index in [0.29, 0.717) is 29.7 Å². The van der Waals surface area contributed by atoms with E-state index in [1.54, 1.807) is 24.3 Å². The van der Waals surface area contributed by atoms with E-state index in [4.69, 9.17) is 11.2 Å². The molecule has 4 aromatic rings. The van der Waals surface area contributed by atoms with Crippen molar-refractivity contribution in [2.45, 2.75) is 13.0 Å². The number of thiazole rings is 1. The molecule has 5 nitrogen and oxygen atoms in total. The summed E-state index contributed by atoms with van der Waals surface area (Å²) in [6.07, 6.45) is 8.16. The first-order valence-corrected chi connectivity index (χ1v) is 12.4. The molecule has 6 heteroatoms. The van der Waals surface area contributed by atoms with Gasteiger partial charge in [0.15, 0.2) is 0 Å². The lowest BCUT2D eigenvalue weighted by Gasteiger charge is -2.12. The number of rotatable bonds is 8. The van der Waals surface area contributed by atoms with Gasteiger partial charge in [-0.25, -0.2) is 4.98 Å². The molecule has 2 heterocycles.